The van der Waals surface area contributed by atoms with Crippen molar-refractivity contribution in [2.75, 3.05) is 6.54 Å². The standard InChI is InChI=1S/C19H26N4O3/c1-14-5-7-16(8-6-14)26-17-4-2-3-15(19(17)25)11-21-18(24)9-10-23-13-20-12-22-23/h5-8,12-13,15,17,19,25H,2-4,9-11H2,1H3,(H,21,24)/t15-,17-,19-/m1/s1. The van der Waals surface area contributed by atoms with Crippen LogP contribution in [0, 0.1) is 12.8 Å². The number of aliphatic hydroxyl groups is 1. The van der Waals surface area contributed by atoms with E-state index in [4.69, 9.17) is 4.74 Å². The molecule has 1 aromatic carbocycles. The van der Waals surface area contributed by atoms with Crippen LogP contribution in [0.5, 0.6) is 5.75 Å². The van der Waals surface area contributed by atoms with E-state index in [0.29, 0.717) is 19.5 Å². The largest absolute Gasteiger partial charge is 0.488 e. The summed E-state index contributed by atoms with van der Waals surface area (Å²) < 4.78 is 7.60. The van der Waals surface area contributed by atoms with Crippen LogP contribution < -0.4 is 10.1 Å². The fourth-order valence-electron chi connectivity index (χ4n) is 3.27. The van der Waals surface area contributed by atoms with E-state index in [1.54, 1.807) is 11.0 Å². The summed E-state index contributed by atoms with van der Waals surface area (Å²) in [7, 11) is 0. The van der Waals surface area contributed by atoms with Gasteiger partial charge in [0, 0.05) is 18.9 Å². The van der Waals surface area contributed by atoms with Crippen LogP contribution in [0.3, 0.4) is 0 Å². The molecule has 1 saturated carbocycles. The number of rotatable bonds is 7. The van der Waals surface area contributed by atoms with Gasteiger partial charge in [-0.25, -0.2) is 4.98 Å². The van der Waals surface area contributed by atoms with Crippen LogP contribution in [0.2, 0.25) is 0 Å². The van der Waals surface area contributed by atoms with Crippen LogP contribution in [-0.4, -0.2) is 44.5 Å². The molecule has 2 N–H and O–H groups in total. The van der Waals surface area contributed by atoms with E-state index in [0.717, 1.165) is 25.0 Å². The highest BCUT2D eigenvalue weighted by Gasteiger charge is 2.33. The van der Waals surface area contributed by atoms with Gasteiger partial charge in [0.15, 0.2) is 0 Å². The second kappa shape index (κ2) is 8.80. The first-order valence-corrected chi connectivity index (χ1v) is 9.12. The second-order valence-electron chi connectivity index (χ2n) is 6.86. The van der Waals surface area contributed by atoms with Crippen molar-refractivity contribution < 1.29 is 14.6 Å². The highest BCUT2D eigenvalue weighted by atomic mass is 16.5. The molecule has 0 radical (unpaired) electrons. The van der Waals surface area contributed by atoms with Crippen LogP contribution in [-0.2, 0) is 11.3 Å². The van der Waals surface area contributed by atoms with Crippen LogP contribution in [0.15, 0.2) is 36.9 Å². The zero-order chi connectivity index (χ0) is 18.4. The molecular formula is C19H26N4O3. The molecule has 1 amide bonds. The maximum Gasteiger partial charge on any atom is 0.221 e. The predicted octanol–water partition coefficient (Wildman–Crippen LogP) is 1.70. The van der Waals surface area contributed by atoms with Gasteiger partial charge in [-0.05, 0) is 38.3 Å². The molecule has 0 aliphatic heterocycles. The van der Waals surface area contributed by atoms with Gasteiger partial charge < -0.3 is 15.2 Å². The van der Waals surface area contributed by atoms with Crippen LogP contribution >= 0.6 is 0 Å². The van der Waals surface area contributed by atoms with Gasteiger partial charge in [0.2, 0.25) is 5.91 Å². The highest BCUT2D eigenvalue weighted by Crippen LogP contribution is 2.28. The average molecular weight is 358 g/mol. The summed E-state index contributed by atoms with van der Waals surface area (Å²) in [4.78, 5) is 15.9. The van der Waals surface area contributed by atoms with E-state index in [2.05, 4.69) is 15.4 Å². The van der Waals surface area contributed by atoms with E-state index in [9.17, 15) is 9.90 Å². The summed E-state index contributed by atoms with van der Waals surface area (Å²) in [5.74, 6) is 0.737. The molecule has 1 aromatic heterocycles. The van der Waals surface area contributed by atoms with Crippen molar-refractivity contribution >= 4 is 5.91 Å². The third-order valence-electron chi connectivity index (χ3n) is 4.83. The summed E-state index contributed by atoms with van der Waals surface area (Å²) in [6.45, 7) is 2.99. The van der Waals surface area contributed by atoms with Gasteiger partial charge in [-0.3, -0.25) is 9.48 Å². The molecule has 140 valence electrons. The monoisotopic (exact) mass is 358 g/mol. The molecule has 7 heteroatoms. The highest BCUT2D eigenvalue weighted by molar-refractivity contribution is 5.75. The van der Waals surface area contributed by atoms with Crippen LogP contribution in [0.25, 0.3) is 0 Å². The molecule has 1 heterocycles. The van der Waals surface area contributed by atoms with Crippen LogP contribution in [0.1, 0.15) is 31.2 Å². The Labute approximate surface area is 153 Å². The van der Waals surface area contributed by atoms with E-state index in [-0.39, 0.29) is 17.9 Å². The molecule has 3 atom stereocenters. The first kappa shape index (κ1) is 18.4. The van der Waals surface area contributed by atoms with Crippen molar-refractivity contribution in [3.05, 3.63) is 42.5 Å². The Morgan fingerprint density at radius 3 is 2.88 bits per heavy atom. The van der Waals surface area contributed by atoms with E-state index in [1.165, 1.54) is 11.9 Å². The molecule has 0 unspecified atom stereocenters. The van der Waals surface area contributed by atoms with E-state index < -0.39 is 6.10 Å². The lowest BCUT2D eigenvalue weighted by atomic mass is 9.84. The molecule has 2 aromatic rings. The fourth-order valence-corrected chi connectivity index (χ4v) is 3.27. The number of benzene rings is 1. The molecule has 0 bridgehead atoms. The zero-order valence-electron chi connectivity index (χ0n) is 15.0. The predicted molar refractivity (Wildman–Crippen MR) is 96.6 cm³/mol. The molecule has 7 nitrogen and oxygen atoms in total. The Bertz CT molecular complexity index is 687. The van der Waals surface area contributed by atoms with Crippen molar-refractivity contribution in [2.24, 2.45) is 5.92 Å². The van der Waals surface area contributed by atoms with Crippen LogP contribution in [0.4, 0.5) is 0 Å². The quantitative estimate of drug-likeness (QED) is 0.786. The summed E-state index contributed by atoms with van der Waals surface area (Å²) in [6.07, 6.45) is 5.26. The Hall–Kier alpha value is -2.41. The smallest absolute Gasteiger partial charge is 0.221 e. The first-order chi connectivity index (χ1) is 12.6. The van der Waals surface area contributed by atoms with Gasteiger partial charge in [-0.2, -0.15) is 5.10 Å². The van der Waals surface area contributed by atoms with Gasteiger partial charge in [-0.1, -0.05) is 17.7 Å². The number of aryl methyl sites for hydroxylation is 2. The summed E-state index contributed by atoms with van der Waals surface area (Å²) in [6, 6.07) is 7.85. The summed E-state index contributed by atoms with van der Waals surface area (Å²) in [5.41, 5.74) is 1.17. The van der Waals surface area contributed by atoms with Crippen molar-refractivity contribution in [3.8, 4) is 5.75 Å². The molecular weight excluding hydrogens is 332 g/mol. The van der Waals surface area contributed by atoms with E-state index >= 15 is 0 Å². The fraction of sp³-hybridized carbons (Fsp3) is 0.526. The lowest BCUT2D eigenvalue weighted by molar-refractivity contribution is -0.122. The number of nitrogens with zero attached hydrogens (tertiary/aromatic N) is 3. The van der Waals surface area contributed by atoms with Crippen molar-refractivity contribution in [2.45, 2.75) is 51.4 Å². The zero-order valence-corrected chi connectivity index (χ0v) is 15.0. The minimum atomic E-state index is -0.583. The molecule has 0 spiro atoms. The second-order valence-corrected chi connectivity index (χ2v) is 6.86. The minimum absolute atomic E-state index is 0.00881. The number of amides is 1. The normalized spacial score (nSPS) is 22.8. The molecule has 26 heavy (non-hydrogen) atoms. The number of carbonyl (C=O) groups is 1. The SMILES string of the molecule is Cc1ccc(O[C@@H]2CCC[C@H](CNC(=O)CCn3cncn3)[C@H]2O)cc1. The molecule has 3 rings (SSSR count). The first-order valence-electron chi connectivity index (χ1n) is 9.12. The van der Waals surface area contributed by atoms with Gasteiger partial charge in [0.25, 0.3) is 0 Å². The lowest BCUT2D eigenvalue weighted by Crippen LogP contribution is -2.45. The minimum Gasteiger partial charge on any atom is -0.488 e. The van der Waals surface area contributed by atoms with Crippen molar-refractivity contribution in [3.63, 3.8) is 0 Å². The van der Waals surface area contributed by atoms with Crippen molar-refractivity contribution in [1.82, 2.24) is 20.1 Å². The maximum atomic E-state index is 12.0. The Balaban J connectivity index is 1.45. The average Bonchev–Trinajstić information content (AvgIpc) is 3.16. The Morgan fingerprint density at radius 2 is 2.15 bits per heavy atom. The van der Waals surface area contributed by atoms with Gasteiger partial charge in [0.05, 0.1) is 12.6 Å². The topological polar surface area (TPSA) is 89.3 Å². The third-order valence-corrected chi connectivity index (χ3v) is 4.83. The van der Waals surface area contributed by atoms with Crippen molar-refractivity contribution in [1.29, 1.82) is 0 Å². The molecule has 1 fully saturated rings. The number of ether oxygens (including phenoxy) is 1. The third kappa shape index (κ3) is 5.05. The summed E-state index contributed by atoms with van der Waals surface area (Å²) in [5, 5.41) is 17.5. The lowest BCUT2D eigenvalue weighted by Gasteiger charge is -2.35. The molecule has 0 saturated heterocycles. The number of hydrogen-bond acceptors (Lipinski definition) is 5. The molecule has 1 aliphatic carbocycles. The summed E-state index contributed by atoms with van der Waals surface area (Å²) >= 11 is 0. The Morgan fingerprint density at radius 1 is 1.35 bits per heavy atom. The number of hydrogen-bond donors (Lipinski definition) is 2. The van der Waals surface area contributed by atoms with E-state index in [1.807, 2.05) is 31.2 Å². The molecule has 1 aliphatic rings. The number of nitrogens with one attached hydrogen (secondary N) is 1. The Kier molecular flexibility index (Phi) is 6.22. The number of carbonyl (C=O) groups excluding carboxylic acids is 1. The number of aromatic nitrogens is 3. The maximum absolute atomic E-state index is 12.0. The van der Waals surface area contributed by atoms with Gasteiger partial charge >= 0.3 is 0 Å². The number of aliphatic hydroxyl groups excluding tert-OH is 1. The van der Waals surface area contributed by atoms with Gasteiger partial charge in [0.1, 0.15) is 24.5 Å². The van der Waals surface area contributed by atoms with Gasteiger partial charge in [-0.15, -0.1) is 0 Å².